The van der Waals surface area contributed by atoms with Gasteiger partial charge in [0.25, 0.3) is 0 Å². The number of benzene rings is 4. The van der Waals surface area contributed by atoms with Crippen LogP contribution in [0.3, 0.4) is 0 Å². The van der Waals surface area contributed by atoms with Gasteiger partial charge in [0.05, 0.1) is 0 Å². The van der Waals surface area contributed by atoms with Gasteiger partial charge in [0, 0.05) is 19.5 Å². The van der Waals surface area contributed by atoms with Crippen LogP contribution in [0.2, 0.25) is 0 Å². The number of hydrogen-bond donors (Lipinski definition) is 2. The molecule has 1 atom stereocenters. The molecule has 3 amide bonds. The first kappa shape index (κ1) is 33.1. The van der Waals surface area contributed by atoms with Gasteiger partial charge in [-0.1, -0.05) is 110 Å². The highest BCUT2D eigenvalue weighted by molar-refractivity contribution is 5.89. The summed E-state index contributed by atoms with van der Waals surface area (Å²) in [5.41, 5.74) is 4.11. The summed E-state index contributed by atoms with van der Waals surface area (Å²) < 4.78 is 11.0. The molecule has 45 heavy (non-hydrogen) atoms. The van der Waals surface area contributed by atoms with Crippen LogP contribution >= 0.6 is 0 Å². The molecule has 0 heterocycles. The Morgan fingerprint density at radius 2 is 1.36 bits per heavy atom. The first-order chi connectivity index (χ1) is 22.1. The van der Waals surface area contributed by atoms with Crippen molar-refractivity contribution < 1.29 is 23.9 Å². The van der Waals surface area contributed by atoms with Gasteiger partial charge in [0.15, 0.2) is 0 Å². The average Bonchev–Trinajstić information content (AvgIpc) is 3.08. The fourth-order valence-electron chi connectivity index (χ4n) is 5.28. The molecular formula is C37H43N3O5. The summed E-state index contributed by atoms with van der Waals surface area (Å²) in [6.45, 7) is 3.49. The summed E-state index contributed by atoms with van der Waals surface area (Å²) in [5.74, 6) is 0. The maximum absolute atomic E-state index is 13.3. The molecule has 0 radical (unpaired) electrons. The highest BCUT2D eigenvalue weighted by Crippen LogP contribution is 2.26. The number of hydrogen-bond acceptors (Lipinski definition) is 5. The topological polar surface area (TPSA) is 97.0 Å². The van der Waals surface area contributed by atoms with Crippen LogP contribution in [0.25, 0.3) is 10.8 Å². The van der Waals surface area contributed by atoms with Gasteiger partial charge < -0.3 is 20.1 Å². The predicted octanol–water partition coefficient (Wildman–Crippen LogP) is 7.14. The fourth-order valence-corrected chi connectivity index (χ4v) is 5.28. The molecule has 0 aliphatic rings. The largest absolute Gasteiger partial charge is 0.445 e. The van der Waals surface area contributed by atoms with E-state index in [-0.39, 0.29) is 13.2 Å². The summed E-state index contributed by atoms with van der Waals surface area (Å²) in [5, 5.41) is 7.93. The van der Waals surface area contributed by atoms with Crippen molar-refractivity contribution in [2.24, 2.45) is 0 Å². The van der Waals surface area contributed by atoms with Crippen molar-refractivity contribution >= 4 is 29.4 Å². The van der Waals surface area contributed by atoms with Gasteiger partial charge in [-0.3, -0.25) is 9.69 Å². The Kier molecular flexibility index (Phi) is 13.3. The van der Waals surface area contributed by atoms with Crippen molar-refractivity contribution in [3.05, 3.63) is 119 Å². The van der Waals surface area contributed by atoms with E-state index in [0.29, 0.717) is 25.9 Å². The third-order valence-corrected chi connectivity index (χ3v) is 7.70. The molecule has 2 N–H and O–H groups in total. The van der Waals surface area contributed by atoms with Crippen molar-refractivity contribution in [1.82, 2.24) is 15.5 Å². The molecule has 4 aromatic carbocycles. The van der Waals surface area contributed by atoms with E-state index in [1.54, 1.807) is 4.90 Å². The van der Waals surface area contributed by atoms with Crippen LogP contribution in [0, 0.1) is 0 Å². The molecule has 0 fully saturated rings. The molecule has 0 unspecified atom stereocenters. The summed E-state index contributed by atoms with van der Waals surface area (Å²) in [4.78, 5) is 38.6. The second-order valence-corrected chi connectivity index (χ2v) is 11.0. The molecular weight excluding hydrogens is 566 g/mol. The van der Waals surface area contributed by atoms with Crippen LogP contribution in [0.4, 0.5) is 9.59 Å². The fraction of sp³-hybridized carbons (Fsp3) is 0.324. The van der Waals surface area contributed by atoms with E-state index >= 15 is 0 Å². The molecule has 0 spiro atoms. The minimum absolute atomic E-state index is 0.165. The molecule has 0 bridgehead atoms. The van der Waals surface area contributed by atoms with E-state index in [0.717, 1.165) is 59.6 Å². The van der Waals surface area contributed by atoms with Crippen molar-refractivity contribution in [3.63, 3.8) is 0 Å². The van der Waals surface area contributed by atoms with Crippen LogP contribution in [0.5, 0.6) is 0 Å². The Labute approximate surface area is 265 Å². The number of nitrogens with zero attached hydrogens (tertiary/aromatic N) is 1. The number of alkyl carbamates (subject to hydrolysis) is 1. The van der Waals surface area contributed by atoms with Gasteiger partial charge in [0.1, 0.15) is 19.4 Å². The second-order valence-electron chi connectivity index (χ2n) is 11.0. The van der Waals surface area contributed by atoms with Gasteiger partial charge >= 0.3 is 12.2 Å². The first-order valence-electron chi connectivity index (χ1n) is 15.7. The van der Waals surface area contributed by atoms with E-state index in [1.807, 2.05) is 72.8 Å². The van der Waals surface area contributed by atoms with E-state index in [9.17, 15) is 14.4 Å². The maximum atomic E-state index is 13.3. The lowest BCUT2D eigenvalue weighted by molar-refractivity contribution is -0.111. The lowest BCUT2D eigenvalue weighted by Gasteiger charge is -2.31. The predicted molar refractivity (Wildman–Crippen MR) is 176 cm³/mol. The standard InChI is InChI=1S/C37H43N3O5/c1-2-3-24-40(37(43)45-27-30-16-8-5-9-17-30)35(39-28-41)25-32-22-21-31(33-19-10-11-20-34(32)33)18-12-13-23-38-36(42)44-26-29-14-6-4-7-15-29/h4-11,14-17,19-22,28,35H,2-3,12-13,18,23-27H2,1H3,(H,38,42)(H,39,41)/t35-/m0/s1. The van der Waals surface area contributed by atoms with Crippen LogP contribution < -0.4 is 10.6 Å². The zero-order chi connectivity index (χ0) is 31.7. The van der Waals surface area contributed by atoms with E-state index in [2.05, 4.69) is 41.8 Å². The molecule has 4 rings (SSSR count). The number of ether oxygens (including phenoxy) is 2. The summed E-state index contributed by atoms with van der Waals surface area (Å²) >= 11 is 0. The Hall–Kier alpha value is -4.85. The number of carbonyl (C=O) groups is 3. The average molecular weight is 610 g/mol. The van der Waals surface area contributed by atoms with Crippen molar-refractivity contribution in [1.29, 1.82) is 0 Å². The van der Waals surface area contributed by atoms with E-state index < -0.39 is 18.4 Å². The smallest absolute Gasteiger partial charge is 0.411 e. The number of aryl methyl sites for hydroxylation is 1. The molecule has 0 aromatic heterocycles. The maximum Gasteiger partial charge on any atom is 0.411 e. The van der Waals surface area contributed by atoms with Gasteiger partial charge in [-0.15, -0.1) is 0 Å². The Morgan fingerprint density at radius 3 is 2.00 bits per heavy atom. The number of nitrogens with one attached hydrogen (secondary N) is 2. The van der Waals surface area contributed by atoms with Crippen molar-refractivity contribution in [2.75, 3.05) is 13.1 Å². The van der Waals surface area contributed by atoms with Crippen LogP contribution in [0.15, 0.2) is 97.1 Å². The summed E-state index contributed by atoms with van der Waals surface area (Å²) in [6.07, 6.45) is 3.93. The van der Waals surface area contributed by atoms with Crippen LogP contribution in [-0.2, 0) is 40.3 Å². The Bertz CT molecular complexity index is 1500. The van der Waals surface area contributed by atoms with Crippen LogP contribution in [0.1, 0.15) is 54.9 Å². The quantitative estimate of drug-likeness (QED) is 0.0754. The Balaban J connectivity index is 1.36. The lowest BCUT2D eigenvalue weighted by Crippen LogP contribution is -2.50. The number of rotatable bonds is 17. The molecule has 0 aliphatic carbocycles. The van der Waals surface area contributed by atoms with Crippen molar-refractivity contribution in [3.8, 4) is 0 Å². The third kappa shape index (κ3) is 10.4. The molecule has 8 nitrogen and oxygen atoms in total. The number of carbonyl (C=O) groups excluding carboxylic acids is 3. The lowest BCUT2D eigenvalue weighted by atomic mass is 9.94. The number of fused-ring (bicyclic) bond motifs is 1. The highest BCUT2D eigenvalue weighted by Gasteiger charge is 2.25. The molecule has 4 aromatic rings. The summed E-state index contributed by atoms with van der Waals surface area (Å²) in [6, 6.07) is 31.6. The molecule has 0 saturated heterocycles. The highest BCUT2D eigenvalue weighted by atomic mass is 16.6. The van der Waals surface area contributed by atoms with Gasteiger partial charge in [0.2, 0.25) is 6.41 Å². The molecule has 236 valence electrons. The van der Waals surface area contributed by atoms with Gasteiger partial charge in [-0.05, 0) is 58.7 Å². The second kappa shape index (κ2) is 18.1. The Morgan fingerprint density at radius 1 is 0.756 bits per heavy atom. The normalized spacial score (nSPS) is 11.4. The van der Waals surface area contributed by atoms with Gasteiger partial charge in [-0.2, -0.15) is 0 Å². The van der Waals surface area contributed by atoms with Crippen LogP contribution in [-0.4, -0.2) is 42.8 Å². The zero-order valence-corrected chi connectivity index (χ0v) is 26.0. The van der Waals surface area contributed by atoms with Gasteiger partial charge in [-0.25, -0.2) is 9.59 Å². The third-order valence-electron chi connectivity index (χ3n) is 7.70. The molecule has 8 heteroatoms. The minimum atomic E-state index is -0.556. The SMILES string of the molecule is CCCCN(C(=O)OCc1ccccc1)[C@@H](Cc1ccc(CCCCNC(=O)OCc2ccccc2)c2ccccc12)NC=O. The number of unbranched alkanes of at least 4 members (excludes halogenated alkanes) is 2. The van der Waals surface area contributed by atoms with Crippen molar-refractivity contribution in [2.45, 2.75) is 64.8 Å². The monoisotopic (exact) mass is 609 g/mol. The zero-order valence-electron chi connectivity index (χ0n) is 26.0. The molecule has 0 aliphatic heterocycles. The first-order valence-corrected chi connectivity index (χ1v) is 15.7. The molecule has 0 saturated carbocycles. The number of amides is 3. The van der Waals surface area contributed by atoms with E-state index in [4.69, 9.17) is 9.47 Å². The summed E-state index contributed by atoms with van der Waals surface area (Å²) in [7, 11) is 0. The van der Waals surface area contributed by atoms with E-state index in [1.165, 1.54) is 5.56 Å². The minimum Gasteiger partial charge on any atom is -0.445 e.